The van der Waals surface area contributed by atoms with Gasteiger partial charge in [-0.15, -0.1) is 0 Å². The molecule has 0 saturated heterocycles. The van der Waals surface area contributed by atoms with E-state index < -0.39 is 35.1 Å². The third-order valence-electron chi connectivity index (χ3n) is 5.89. The summed E-state index contributed by atoms with van der Waals surface area (Å²) in [4.78, 5) is 31.7. The molecule has 0 aliphatic heterocycles. The molecule has 2 N–H and O–H groups in total. The zero-order valence-electron chi connectivity index (χ0n) is 20.0. The third-order valence-corrected chi connectivity index (χ3v) is 5.89. The zero-order valence-corrected chi connectivity index (χ0v) is 20.0. The minimum Gasteiger partial charge on any atom is -0.382 e. The highest BCUT2D eigenvalue weighted by molar-refractivity contribution is 6.03. The Hall–Kier alpha value is -3.69. The minimum atomic E-state index is -4.79. The van der Waals surface area contributed by atoms with Crippen LogP contribution in [0.15, 0.2) is 36.4 Å². The predicted molar refractivity (Wildman–Crippen MR) is 126 cm³/mol. The number of amides is 3. The lowest BCUT2D eigenvalue weighted by atomic mass is 9.94. The Balaban J connectivity index is 1.87. The molecule has 12 heteroatoms. The van der Waals surface area contributed by atoms with E-state index in [1.54, 1.807) is 0 Å². The molecule has 3 rings (SSSR count). The second-order valence-corrected chi connectivity index (χ2v) is 8.40. The highest BCUT2D eigenvalue weighted by Gasteiger charge is 2.34. The topological polar surface area (TPSA) is 104 Å². The largest absolute Gasteiger partial charge is 0.417 e. The summed E-state index contributed by atoms with van der Waals surface area (Å²) in [5, 5.41) is 11.4. The quantitative estimate of drug-likeness (QED) is 0.275. The summed E-state index contributed by atoms with van der Waals surface area (Å²) in [6.45, 7) is 0.278. The van der Waals surface area contributed by atoms with Crippen LogP contribution in [0.25, 0.3) is 0 Å². The van der Waals surface area contributed by atoms with Crippen LogP contribution in [0, 0.1) is 17.1 Å². The molecule has 1 fully saturated rings. The lowest BCUT2D eigenvalue weighted by Crippen LogP contribution is -2.44. The van der Waals surface area contributed by atoms with E-state index in [9.17, 15) is 27.2 Å². The molecule has 2 aromatic carbocycles. The molecule has 1 aliphatic rings. The van der Waals surface area contributed by atoms with Crippen molar-refractivity contribution in [3.05, 3.63) is 58.9 Å². The number of halogens is 4. The molecule has 0 aromatic heterocycles. The van der Waals surface area contributed by atoms with Gasteiger partial charge in [0.25, 0.3) is 5.91 Å². The molecule has 8 nitrogen and oxygen atoms in total. The maximum absolute atomic E-state index is 14.9. The molecule has 1 aliphatic carbocycles. The Morgan fingerprint density at radius 2 is 1.84 bits per heavy atom. The number of ether oxygens (including phenoxy) is 1. The van der Waals surface area contributed by atoms with Crippen LogP contribution in [0.2, 0.25) is 0 Å². The van der Waals surface area contributed by atoms with Crippen LogP contribution in [-0.4, -0.2) is 38.3 Å². The molecule has 198 valence electrons. The molecule has 0 bridgehead atoms. The van der Waals surface area contributed by atoms with Crippen molar-refractivity contribution in [2.45, 2.75) is 44.3 Å². The lowest BCUT2D eigenvalue weighted by molar-refractivity contribution is -0.137. The average Bonchev–Trinajstić information content (AvgIpc) is 2.87. The molecule has 0 spiro atoms. The number of carbonyl (C=O) groups is 2. The van der Waals surface area contributed by atoms with Crippen molar-refractivity contribution in [2.75, 3.05) is 30.5 Å². The number of hydrogen-bond acceptors (Lipinski definition) is 5. The number of alkyl halides is 3. The van der Waals surface area contributed by atoms with Crippen LogP contribution in [0.3, 0.4) is 0 Å². The molecule has 1 saturated carbocycles. The summed E-state index contributed by atoms with van der Waals surface area (Å²) in [5.74, 6) is -1.73. The molecule has 0 radical (unpaired) electrons. The van der Waals surface area contributed by atoms with Crippen LogP contribution in [-0.2, 0) is 15.8 Å². The number of nitriles is 1. The van der Waals surface area contributed by atoms with E-state index in [-0.39, 0.29) is 36.2 Å². The van der Waals surface area contributed by atoms with Crippen molar-refractivity contribution in [3.8, 4) is 6.07 Å². The van der Waals surface area contributed by atoms with Crippen LogP contribution < -0.4 is 15.7 Å². The summed E-state index contributed by atoms with van der Waals surface area (Å²) < 4.78 is 59.8. The average molecular weight is 522 g/mol. The summed E-state index contributed by atoms with van der Waals surface area (Å²) in [5.41, 5.74) is 0.0191. The summed E-state index contributed by atoms with van der Waals surface area (Å²) in [6, 6.07) is 6.88. The van der Waals surface area contributed by atoms with Gasteiger partial charge < -0.3 is 10.1 Å². The van der Waals surface area contributed by atoms with Crippen LogP contribution in [0.1, 0.15) is 53.6 Å². The van der Waals surface area contributed by atoms with Crippen molar-refractivity contribution in [1.29, 1.82) is 5.26 Å². The fourth-order valence-corrected chi connectivity index (χ4v) is 4.11. The number of benzene rings is 2. The fourth-order valence-electron chi connectivity index (χ4n) is 4.11. The maximum atomic E-state index is 14.9. The monoisotopic (exact) mass is 522 g/mol. The normalized spacial score (nSPS) is 14.1. The number of rotatable bonds is 8. The van der Waals surface area contributed by atoms with Crippen LogP contribution in [0.4, 0.5) is 33.7 Å². The number of nitrogens with one attached hydrogen (secondary N) is 2. The van der Waals surface area contributed by atoms with Gasteiger partial charge in [0.1, 0.15) is 5.82 Å². The Labute approximate surface area is 211 Å². The van der Waals surface area contributed by atoms with Gasteiger partial charge in [-0.05, 0) is 49.2 Å². The number of nitrogens with zero attached hydrogens (tertiary/aromatic N) is 2. The number of anilines is 2. The first-order valence-corrected chi connectivity index (χ1v) is 11.6. The van der Waals surface area contributed by atoms with Gasteiger partial charge in [-0.1, -0.05) is 19.3 Å². The number of hydrogen-bond donors (Lipinski definition) is 2. The molecule has 3 amide bonds. The number of hydroxylamine groups is 1. The number of methoxy groups -OCH3 is 1. The lowest BCUT2D eigenvalue weighted by Gasteiger charge is -2.34. The summed E-state index contributed by atoms with van der Waals surface area (Å²) >= 11 is 0. The first-order valence-electron chi connectivity index (χ1n) is 11.6. The summed E-state index contributed by atoms with van der Waals surface area (Å²) in [7, 11) is 1.45. The van der Waals surface area contributed by atoms with Gasteiger partial charge >= 0.3 is 12.2 Å². The minimum absolute atomic E-state index is 0.0585. The second-order valence-electron chi connectivity index (χ2n) is 8.40. The number of carbonyl (C=O) groups excluding carboxylic acids is 2. The Kier molecular flexibility index (Phi) is 9.43. The van der Waals surface area contributed by atoms with Crippen molar-refractivity contribution in [2.24, 2.45) is 0 Å². The van der Waals surface area contributed by atoms with Gasteiger partial charge in [0, 0.05) is 24.5 Å². The smallest absolute Gasteiger partial charge is 0.382 e. The first-order chi connectivity index (χ1) is 17.7. The van der Waals surface area contributed by atoms with E-state index in [4.69, 9.17) is 14.8 Å². The highest BCUT2D eigenvalue weighted by Crippen LogP contribution is 2.34. The molecular formula is C25H26F4N4O4. The fraction of sp³-hybridized carbons (Fsp3) is 0.400. The van der Waals surface area contributed by atoms with Gasteiger partial charge in [0.2, 0.25) is 0 Å². The van der Waals surface area contributed by atoms with E-state index >= 15 is 0 Å². The highest BCUT2D eigenvalue weighted by atomic mass is 19.4. The van der Waals surface area contributed by atoms with Crippen LogP contribution >= 0.6 is 0 Å². The molecule has 37 heavy (non-hydrogen) atoms. The van der Waals surface area contributed by atoms with E-state index in [2.05, 4.69) is 10.8 Å². The van der Waals surface area contributed by atoms with Gasteiger partial charge in [-0.3, -0.25) is 14.5 Å². The zero-order chi connectivity index (χ0) is 27.0. The predicted octanol–water partition coefficient (Wildman–Crippen LogP) is 5.40. The summed E-state index contributed by atoms with van der Waals surface area (Å²) in [6.07, 6.45) is -0.942. The first kappa shape index (κ1) is 27.9. The molecule has 0 heterocycles. The van der Waals surface area contributed by atoms with E-state index in [1.807, 2.05) is 0 Å². The Morgan fingerprint density at radius 1 is 1.11 bits per heavy atom. The van der Waals surface area contributed by atoms with E-state index in [1.165, 1.54) is 36.3 Å². The molecule has 2 aromatic rings. The van der Waals surface area contributed by atoms with Crippen molar-refractivity contribution in [1.82, 2.24) is 5.48 Å². The Morgan fingerprint density at radius 3 is 2.46 bits per heavy atom. The van der Waals surface area contributed by atoms with Gasteiger partial charge in [-0.2, -0.15) is 18.4 Å². The van der Waals surface area contributed by atoms with Gasteiger partial charge in [0.05, 0.1) is 36.0 Å². The Bertz CT molecular complexity index is 1160. The van der Waals surface area contributed by atoms with Gasteiger partial charge in [0.15, 0.2) is 0 Å². The van der Waals surface area contributed by atoms with E-state index in [0.717, 1.165) is 31.4 Å². The standard InChI is InChI=1S/C25H26F4N4O4/c1-36-11-12-37-32-23(34)20-10-9-19(14-22(20)26)33(18-5-3-2-4-6-18)24(35)31-17-8-7-16(15-30)21(13-17)25(27,28)29/h7-10,13-14,18H,2-6,11-12H2,1H3,(H,31,35)(H,32,34). The maximum Gasteiger partial charge on any atom is 0.417 e. The molecule has 0 unspecified atom stereocenters. The van der Waals surface area contributed by atoms with Crippen molar-refractivity contribution in [3.63, 3.8) is 0 Å². The molecule has 0 atom stereocenters. The van der Waals surface area contributed by atoms with Crippen molar-refractivity contribution >= 4 is 23.3 Å². The van der Waals surface area contributed by atoms with Gasteiger partial charge in [-0.25, -0.2) is 14.7 Å². The van der Waals surface area contributed by atoms with E-state index in [0.29, 0.717) is 18.9 Å². The SMILES string of the molecule is COCCONC(=O)c1ccc(N(C(=O)Nc2ccc(C#N)c(C(F)(F)F)c2)C2CCCCC2)cc1F. The van der Waals surface area contributed by atoms with Crippen LogP contribution in [0.5, 0.6) is 0 Å². The molecular weight excluding hydrogens is 496 g/mol. The third kappa shape index (κ3) is 7.18. The van der Waals surface area contributed by atoms with Crippen molar-refractivity contribution < 1.29 is 36.7 Å². The number of urea groups is 1. The second kappa shape index (κ2) is 12.5.